The Morgan fingerprint density at radius 2 is 2.00 bits per heavy atom. The second kappa shape index (κ2) is 5.98. The van der Waals surface area contributed by atoms with Crippen LogP contribution in [0.1, 0.15) is 19.8 Å². The predicted octanol–water partition coefficient (Wildman–Crippen LogP) is 0.536. The van der Waals surface area contributed by atoms with Gasteiger partial charge in [0.25, 0.3) is 0 Å². The van der Waals surface area contributed by atoms with E-state index >= 15 is 0 Å². The molecule has 1 atom stereocenters. The van der Waals surface area contributed by atoms with Crippen molar-refractivity contribution in [3.8, 4) is 0 Å². The molecular weight excluding hydrogens is 180 g/mol. The fourth-order valence-corrected chi connectivity index (χ4v) is 1.42. The first-order chi connectivity index (χ1) is 6.35. The lowest BCUT2D eigenvalue weighted by Gasteiger charge is -2.29. The van der Waals surface area contributed by atoms with Gasteiger partial charge in [0.05, 0.1) is 40.2 Å². The van der Waals surface area contributed by atoms with Gasteiger partial charge >= 0.3 is 5.97 Å². The summed E-state index contributed by atoms with van der Waals surface area (Å²) in [6, 6.07) is 0.0763. The number of hydrogen-bond acceptors (Lipinski definition) is 2. The van der Waals surface area contributed by atoms with Crippen molar-refractivity contribution >= 4 is 5.97 Å². The van der Waals surface area contributed by atoms with E-state index in [2.05, 4.69) is 33.4 Å². The van der Waals surface area contributed by atoms with Crippen LogP contribution in [0.5, 0.6) is 0 Å². The lowest BCUT2D eigenvalue weighted by atomic mass is 10.2. The molecule has 0 aromatic heterocycles. The highest BCUT2D eigenvalue weighted by Crippen LogP contribution is 2.00. The molecule has 0 heterocycles. The van der Waals surface area contributed by atoms with Crippen molar-refractivity contribution in [1.29, 1.82) is 0 Å². The first kappa shape index (κ1) is 13.4. The summed E-state index contributed by atoms with van der Waals surface area (Å²) in [7, 11) is 6.22. The van der Waals surface area contributed by atoms with Gasteiger partial charge in [0.15, 0.2) is 0 Å². The fraction of sp³-hybridized carbons (Fsp3) is 0.900. The van der Waals surface area contributed by atoms with E-state index in [0.29, 0.717) is 0 Å². The molecular formula is C10H23N2O2+. The molecule has 0 bridgehead atoms. The summed E-state index contributed by atoms with van der Waals surface area (Å²) in [5, 5.41) is 12.0. The summed E-state index contributed by atoms with van der Waals surface area (Å²) in [5.74, 6) is -0.730. The fourth-order valence-electron chi connectivity index (χ4n) is 1.42. The second-order valence-electron chi connectivity index (χ2n) is 4.72. The van der Waals surface area contributed by atoms with E-state index in [9.17, 15) is 4.79 Å². The minimum Gasteiger partial charge on any atom is -0.481 e. The molecule has 4 heteroatoms. The molecule has 0 aliphatic carbocycles. The molecule has 84 valence electrons. The number of rotatable bonds is 7. The monoisotopic (exact) mass is 203 g/mol. The van der Waals surface area contributed by atoms with Crippen LogP contribution in [-0.2, 0) is 4.79 Å². The standard InChI is InChI=1S/C10H22N2O2/c1-5-6-11-9(7-10(13)14)8-12(2,3)4/h9,11H,5-8H2,1-4H3/p+1. The van der Waals surface area contributed by atoms with Crippen molar-refractivity contribution in [2.24, 2.45) is 0 Å². The van der Waals surface area contributed by atoms with Gasteiger partial charge in [0, 0.05) is 0 Å². The quantitative estimate of drug-likeness (QED) is 0.594. The van der Waals surface area contributed by atoms with Crippen molar-refractivity contribution in [3.05, 3.63) is 0 Å². The van der Waals surface area contributed by atoms with Crippen molar-refractivity contribution in [1.82, 2.24) is 5.32 Å². The first-order valence-corrected chi connectivity index (χ1v) is 5.10. The van der Waals surface area contributed by atoms with Crippen LogP contribution in [0.15, 0.2) is 0 Å². The summed E-state index contributed by atoms with van der Waals surface area (Å²) in [4.78, 5) is 10.6. The van der Waals surface area contributed by atoms with Crippen molar-refractivity contribution < 1.29 is 14.4 Å². The first-order valence-electron chi connectivity index (χ1n) is 5.10. The third-order valence-electron chi connectivity index (χ3n) is 1.87. The SMILES string of the molecule is CCCNC(CC(=O)O)C[N+](C)(C)C. The number of aliphatic carboxylic acids is 1. The summed E-state index contributed by atoms with van der Waals surface area (Å²) in [6.45, 7) is 3.81. The summed E-state index contributed by atoms with van der Waals surface area (Å²) < 4.78 is 0.786. The molecule has 1 unspecified atom stereocenters. The minimum absolute atomic E-state index is 0.0763. The summed E-state index contributed by atoms with van der Waals surface area (Å²) in [5.41, 5.74) is 0. The number of nitrogens with one attached hydrogen (secondary N) is 1. The molecule has 0 aromatic rings. The number of quaternary nitrogens is 1. The maximum atomic E-state index is 10.6. The molecule has 2 N–H and O–H groups in total. The van der Waals surface area contributed by atoms with Crippen LogP contribution in [0.3, 0.4) is 0 Å². The Labute approximate surface area is 86.5 Å². The van der Waals surface area contributed by atoms with E-state index in [1.165, 1.54) is 0 Å². The maximum Gasteiger partial charge on any atom is 0.305 e. The Hall–Kier alpha value is -0.610. The predicted molar refractivity (Wildman–Crippen MR) is 57.2 cm³/mol. The Kier molecular flexibility index (Phi) is 5.72. The lowest BCUT2D eigenvalue weighted by Crippen LogP contribution is -2.48. The van der Waals surface area contributed by atoms with Crippen LogP contribution in [0.25, 0.3) is 0 Å². The van der Waals surface area contributed by atoms with Crippen molar-refractivity contribution in [3.63, 3.8) is 0 Å². The van der Waals surface area contributed by atoms with Crippen LogP contribution in [0.4, 0.5) is 0 Å². The van der Waals surface area contributed by atoms with Crippen LogP contribution < -0.4 is 5.32 Å². The van der Waals surface area contributed by atoms with E-state index in [4.69, 9.17) is 5.11 Å². The number of nitrogens with zero attached hydrogens (tertiary/aromatic N) is 1. The van der Waals surface area contributed by atoms with E-state index in [0.717, 1.165) is 24.0 Å². The summed E-state index contributed by atoms with van der Waals surface area (Å²) >= 11 is 0. The maximum absolute atomic E-state index is 10.6. The molecule has 0 fully saturated rings. The number of likely N-dealkylation sites (N-methyl/N-ethyl adjacent to an activating group) is 1. The van der Waals surface area contributed by atoms with Gasteiger partial charge in [-0.1, -0.05) is 6.92 Å². The second-order valence-corrected chi connectivity index (χ2v) is 4.72. The van der Waals surface area contributed by atoms with E-state index in [1.807, 2.05) is 0 Å². The van der Waals surface area contributed by atoms with Crippen LogP contribution in [0, 0.1) is 0 Å². The molecule has 0 aromatic carbocycles. The lowest BCUT2D eigenvalue weighted by molar-refractivity contribution is -0.871. The zero-order valence-corrected chi connectivity index (χ0v) is 9.71. The van der Waals surface area contributed by atoms with Gasteiger partial charge in [-0.15, -0.1) is 0 Å². The Morgan fingerprint density at radius 1 is 1.43 bits per heavy atom. The topological polar surface area (TPSA) is 49.3 Å². The van der Waals surface area contributed by atoms with Gasteiger partial charge in [0.1, 0.15) is 0 Å². The van der Waals surface area contributed by atoms with Crippen LogP contribution in [-0.4, -0.2) is 55.8 Å². The van der Waals surface area contributed by atoms with Gasteiger partial charge in [-0.05, 0) is 13.0 Å². The van der Waals surface area contributed by atoms with Gasteiger partial charge in [-0.3, -0.25) is 4.79 Å². The van der Waals surface area contributed by atoms with Gasteiger partial charge in [0.2, 0.25) is 0 Å². The Bertz CT molecular complexity index is 175. The minimum atomic E-state index is -0.730. The van der Waals surface area contributed by atoms with E-state index in [-0.39, 0.29) is 12.5 Å². The highest BCUT2D eigenvalue weighted by atomic mass is 16.4. The Morgan fingerprint density at radius 3 is 2.36 bits per heavy atom. The van der Waals surface area contributed by atoms with Crippen molar-refractivity contribution in [2.75, 3.05) is 34.2 Å². The third-order valence-corrected chi connectivity index (χ3v) is 1.87. The molecule has 0 radical (unpaired) electrons. The molecule has 0 saturated heterocycles. The van der Waals surface area contributed by atoms with E-state index in [1.54, 1.807) is 0 Å². The number of hydrogen-bond donors (Lipinski definition) is 2. The van der Waals surface area contributed by atoms with Gasteiger partial charge in [-0.2, -0.15) is 0 Å². The smallest absolute Gasteiger partial charge is 0.305 e. The zero-order valence-electron chi connectivity index (χ0n) is 9.71. The molecule has 14 heavy (non-hydrogen) atoms. The highest BCUT2D eigenvalue weighted by molar-refractivity contribution is 5.67. The highest BCUT2D eigenvalue weighted by Gasteiger charge is 2.19. The average Bonchev–Trinajstić information content (AvgIpc) is 1.96. The molecule has 0 aliphatic rings. The van der Waals surface area contributed by atoms with Gasteiger partial charge in [-0.25, -0.2) is 0 Å². The zero-order chi connectivity index (χ0) is 11.2. The summed E-state index contributed by atoms with van der Waals surface area (Å²) in [6.07, 6.45) is 1.24. The van der Waals surface area contributed by atoms with Gasteiger partial charge < -0.3 is 14.9 Å². The van der Waals surface area contributed by atoms with E-state index < -0.39 is 5.97 Å². The Balaban J connectivity index is 4.03. The largest absolute Gasteiger partial charge is 0.481 e. The molecule has 0 saturated carbocycles. The third kappa shape index (κ3) is 8.01. The number of carbonyl (C=O) groups is 1. The molecule has 4 nitrogen and oxygen atoms in total. The number of carboxylic acid groups (broad SMARTS) is 1. The van der Waals surface area contributed by atoms with Crippen molar-refractivity contribution in [2.45, 2.75) is 25.8 Å². The average molecular weight is 203 g/mol. The molecule has 0 aliphatic heterocycles. The normalized spacial score (nSPS) is 14.0. The van der Waals surface area contributed by atoms with Crippen LogP contribution >= 0.6 is 0 Å². The number of carboxylic acids is 1. The van der Waals surface area contributed by atoms with Crippen LogP contribution in [0.2, 0.25) is 0 Å². The molecule has 0 amide bonds. The molecule has 0 rings (SSSR count). The molecule has 0 spiro atoms.